The zero-order valence-corrected chi connectivity index (χ0v) is 9.41. The Labute approximate surface area is 88.3 Å². The molecule has 0 aliphatic heterocycles. The summed E-state index contributed by atoms with van der Waals surface area (Å²) in [6.07, 6.45) is 1.10. The molecule has 14 heavy (non-hydrogen) atoms. The van der Waals surface area contributed by atoms with E-state index in [4.69, 9.17) is 11.6 Å². The molecule has 0 amide bonds. The second-order valence-electron chi connectivity index (χ2n) is 2.82. The summed E-state index contributed by atoms with van der Waals surface area (Å²) < 4.78 is 24.2. The molecule has 6 heteroatoms. The van der Waals surface area contributed by atoms with Crippen LogP contribution in [-0.4, -0.2) is 21.7 Å². The molecule has 0 aliphatic carbocycles. The van der Waals surface area contributed by atoms with Crippen LogP contribution >= 0.6 is 11.6 Å². The molecule has 0 aromatic heterocycles. The number of nitrogens with one attached hydrogen (secondary N) is 2. The summed E-state index contributed by atoms with van der Waals surface area (Å²) in [7, 11) is -1.52. The number of benzene rings is 1. The fourth-order valence-corrected chi connectivity index (χ4v) is 1.76. The Hall–Kier alpha value is -0.940. The summed E-state index contributed by atoms with van der Waals surface area (Å²) in [5, 5.41) is 3.40. The number of hydrogen-bond acceptors (Lipinski definition) is 3. The van der Waals surface area contributed by atoms with E-state index in [0.717, 1.165) is 6.26 Å². The third kappa shape index (κ3) is 3.08. The molecule has 0 saturated carbocycles. The van der Waals surface area contributed by atoms with Crippen LogP contribution in [0.5, 0.6) is 0 Å². The van der Waals surface area contributed by atoms with Crippen molar-refractivity contribution in [3.63, 3.8) is 0 Å². The van der Waals surface area contributed by atoms with Gasteiger partial charge in [0.05, 0.1) is 22.7 Å². The van der Waals surface area contributed by atoms with Gasteiger partial charge in [-0.05, 0) is 18.2 Å². The van der Waals surface area contributed by atoms with Crippen molar-refractivity contribution < 1.29 is 8.42 Å². The average molecular weight is 235 g/mol. The molecule has 4 nitrogen and oxygen atoms in total. The maximum absolute atomic E-state index is 10.9. The molecule has 0 saturated heterocycles. The molecule has 1 rings (SSSR count). The van der Waals surface area contributed by atoms with Crippen molar-refractivity contribution in [1.29, 1.82) is 0 Å². The molecule has 0 bridgehead atoms. The van der Waals surface area contributed by atoms with Gasteiger partial charge in [0.1, 0.15) is 0 Å². The third-order valence-electron chi connectivity index (χ3n) is 1.54. The molecule has 1 aromatic carbocycles. The fraction of sp³-hybridized carbons (Fsp3) is 0.250. The second kappa shape index (κ2) is 4.06. The zero-order chi connectivity index (χ0) is 10.8. The summed E-state index contributed by atoms with van der Waals surface area (Å²) in [5.41, 5.74) is 1.17. The lowest BCUT2D eigenvalue weighted by Gasteiger charge is -2.07. The lowest BCUT2D eigenvalue weighted by Crippen LogP contribution is -2.09. The van der Waals surface area contributed by atoms with Crippen LogP contribution < -0.4 is 10.0 Å². The maximum atomic E-state index is 10.9. The van der Waals surface area contributed by atoms with Crippen molar-refractivity contribution in [2.45, 2.75) is 0 Å². The molecule has 0 heterocycles. The largest absolute Gasteiger partial charge is 0.387 e. The first-order valence-corrected chi connectivity index (χ1v) is 6.14. The molecule has 0 unspecified atom stereocenters. The van der Waals surface area contributed by atoms with Gasteiger partial charge in [-0.15, -0.1) is 0 Å². The minimum Gasteiger partial charge on any atom is -0.387 e. The van der Waals surface area contributed by atoms with E-state index in [9.17, 15) is 8.42 Å². The van der Waals surface area contributed by atoms with Crippen molar-refractivity contribution in [2.24, 2.45) is 0 Å². The van der Waals surface area contributed by atoms with Gasteiger partial charge in [0.15, 0.2) is 0 Å². The van der Waals surface area contributed by atoms with Crippen LogP contribution in [-0.2, 0) is 10.0 Å². The van der Waals surface area contributed by atoms with E-state index < -0.39 is 10.0 Å². The van der Waals surface area contributed by atoms with E-state index in [1.165, 1.54) is 0 Å². The predicted octanol–water partition coefficient (Wildman–Crippen LogP) is 1.75. The van der Waals surface area contributed by atoms with E-state index >= 15 is 0 Å². The SMILES string of the molecule is CNc1cc(NS(C)(=O)=O)ccc1Cl. The number of rotatable bonds is 3. The fourth-order valence-electron chi connectivity index (χ4n) is 0.994. The van der Waals surface area contributed by atoms with Gasteiger partial charge in [0.25, 0.3) is 0 Å². The van der Waals surface area contributed by atoms with Gasteiger partial charge in [-0.25, -0.2) is 8.42 Å². The second-order valence-corrected chi connectivity index (χ2v) is 4.97. The summed E-state index contributed by atoms with van der Waals surface area (Å²) in [6.45, 7) is 0. The average Bonchev–Trinajstić information content (AvgIpc) is 2.06. The van der Waals surface area contributed by atoms with Crippen LogP contribution in [0.15, 0.2) is 18.2 Å². The van der Waals surface area contributed by atoms with Gasteiger partial charge in [0.2, 0.25) is 10.0 Å². The minimum absolute atomic E-state index is 0.487. The Morgan fingerprint density at radius 3 is 2.50 bits per heavy atom. The van der Waals surface area contributed by atoms with E-state index in [1.807, 2.05) is 0 Å². The van der Waals surface area contributed by atoms with Crippen LogP contribution in [0.2, 0.25) is 5.02 Å². The lowest BCUT2D eigenvalue weighted by molar-refractivity contribution is 0.607. The van der Waals surface area contributed by atoms with Gasteiger partial charge in [0, 0.05) is 7.05 Å². The van der Waals surface area contributed by atoms with Crippen molar-refractivity contribution in [1.82, 2.24) is 0 Å². The minimum atomic E-state index is -3.24. The first kappa shape index (κ1) is 11.1. The molecule has 2 N–H and O–H groups in total. The summed E-state index contributed by atoms with van der Waals surface area (Å²) in [6, 6.07) is 4.86. The van der Waals surface area contributed by atoms with Crippen LogP contribution in [0, 0.1) is 0 Å². The monoisotopic (exact) mass is 234 g/mol. The highest BCUT2D eigenvalue weighted by atomic mass is 35.5. The van der Waals surface area contributed by atoms with Gasteiger partial charge in [-0.1, -0.05) is 11.6 Å². The summed E-state index contributed by atoms with van der Waals surface area (Å²) >= 11 is 5.83. The van der Waals surface area contributed by atoms with Crippen molar-refractivity contribution in [2.75, 3.05) is 23.3 Å². The van der Waals surface area contributed by atoms with Crippen LogP contribution in [0.3, 0.4) is 0 Å². The normalized spacial score (nSPS) is 11.1. The van der Waals surface area contributed by atoms with Crippen molar-refractivity contribution in [3.8, 4) is 0 Å². The van der Waals surface area contributed by atoms with Gasteiger partial charge in [-0.3, -0.25) is 4.72 Å². The van der Waals surface area contributed by atoms with Gasteiger partial charge in [-0.2, -0.15) is 0 Å². The lowest BCUT2D eigenvalue weighted by atomic mass is 10.3. The molecule has 0 atom stereocenters. The van der Waals surface area contributed by atoms with Crippen LogP contribution in [0.25, 0.3) is 0 Å². The number of hydrogen-bond donors (Lipinski definition) is 2. The predicted molar refractivity (Wildman–Crippen MR) is 59.5 cm³/mol. The van der Waals surface area contributed by atoms with Crippen LogP contribution in [0.1, 0.15) is 0 Å². The van der Waals surface area contributed by atoms with E-state index in [1.54, 1.807) is 25.2 Å². The highest BCUT2D eigenvalue weighted by molar-refractivity contribution is 7.92. The topological polar surface area (TPSA) is 58.2 Å². The van der Waals surface area contributed by atoms with Gasteiger partial charge >= 0.3 is 0 Å². The Morgan fingerprint density at radius 1 is 1.36 bits per heavy atom. The first-order chi connectivity index (χ1) is 6.42. The van der Waals surface area contributed by atoms with Crippen molar-refractivity contribution >= 4 is 33.0 Å². The molecule has 0 spiro atoms. The van der Waals surface area contributed by atoms with Gasteiger partial charge < -0.3 is 5.32 Å². The van der Waals surface area contributed by atoms with E-state index in [0.29, 0.717) is 16.4 Å². The Morgan fingerprint density at radius 2 is 2.00 bits per heavy atom. The summed E-state index contributed by atoms with van der Waals surface area (Å²) in [5.74, 6) is 0. The highest BCUT2D eigenvalue weighted by Crippen LogP contribution is 2.25. The molecule has 78 valence electrons. The Bertz CT molecular complexity index is 431. The molecule has 0 radical (unpaired) electrons. The first-order valence-electron chi connectivity index (χ1n) is 3.87. The molecule has 0 fully saturated rings. The highest BCUT2D eigenvalue weighted by Gasteiger charge is 2.04. The zero-order valence-electron chi connectivity index (χ0n) is 7.83. The maximum Gasteiger partial charge on any atom is 0.229 e. The quantitative estimate of drug-likeness (QED) is 0.838. The Balaban J connectivity index is 3.01. The number of anilines is 2. The van der Waals surface area contributed by atoms with E-state index in [2.05, 4.69) is 10.0 Å². The third-order valence-corrected chi connectivity index (χ3v) is 2.48. The van der Waals surface area contributed by atoms with E-state index in [-0.39, 0.29) is 0 Å². The molecular weight excluding hydrogens is 224 g/mol. The molecule has 0 aliphatic rings. The number of sulfonamides is 1. The molecule has 1 aromatic rings. The Kier molecular flexibility index (Phi) is 3.23. The summed E-state index contributed by atoms with van der Waals surface area (Å²) in [4.78, 5) is 0. The van der Waals surface area contributed by atoms with Crippen LogP contribution in [0.4, 0.5) is 11.4 Å². The smallest absolute Gasteiger partial charge is 0.229 e. The molecular formula is C8H11ClN2O2S. The standard InChI is InChI=1S/C8H11ClN2O2S/c1-10-8-5-6(3-4-7(8)9)11-14(2,12)13/h3-5,10-11H,1-2H3. The van der Waals surface area contributed by atoms with Crippen molar-refractivity contribution in [3.05, 3.63) is 23.2 Å². The number of halogens is 1.